The van der Waals surface area contributed by atoms with Gasteiger partial charge in [-0.1, -0.05) is 20.8 Å². The normalized spacial score (nSPS) is 26.2. The van der Waals surface area contributed by atoms with Gasteiger partial charge in [-0.3, -0.25) is 4.79 Å². The Bertz CT molecular complexity index is 899. The van der Waals surface area contributed by atoms with Crippen LogP contribution in [0.25, 0.3) is 0 Å². The van der Waals surface area contributed by atoms with Gasteiger partial charge in [0, 0.05) is 23.6 Å². The molecule has 1 fully saturated rings. The van der Waals surface area contributed by atoms with Crippen LogP contribution in [-0.2, 0) is 21.0 Å². The molecule has 0 saturated carbocycles. The summed E-state index contributed by atoms with van der Waals surface area (Å²) < 4.78 is 24.1. The van der Waals surface area contributed by atoms with Crippen molar-refractivity contribution in [2.75, 3.05) is 5.32 Å². The Morgan fingerprint density at radius 3 is 2.52 bits per heavy atom. The number of nitrogens with one attached hydrogen (secondary N) is 1. The van der Waals surface area contributed by atoms with Crippen LogP contribution in [0, 0.1) is 23.7 Å². The minimum Gasteiger partial charge on any atom is -0.479 e. The second-order valence-electron chi connectivity index (χ2n) is 8.73. The molecule has 1 aromatic carbocycles. The van der Waals surface area contributed by atoms with Crippen LogP contribution in [0.1, 0.15) is 39.2 Å². The summed E-state index contributed by atoms with van der Waals surface area (Å²) in [4.78, 5) is 23.5. The number of aliphatic carboxylic acids is 1. The summed E-state index contributed by atoms with van der Waals surface area (Å²) in [5.74, 6) is 0.726. The average molecular weight is 467 g/mol. The summed E-state index contributed by atoms with van der Waals surface area (Å²) in [6, 6.07) is 4.09. The van der Waals surface area contributed by atoms with Gasteiger partial charge in [0.05, 0.1) is 0 Å². The third-order valence-corrected chi connectivity index (χ3v) is 5.96. The van der Waals surface area contributed by atoms with Crippen LogP contribution in [-0.4, -0.2) is 63.0 Å². The first-order valence-corrected chi connectivity index (χ1v) is 10.4. The van der Waals surface area contributed by atoms with E-state index in [2.05, 4.69) is 11.2 Å². The van der Waals surface area contributed by atoms with E-state index in [1.807, 2.05) is 20.8 Å². The second kappa shape index (κ2) is 10.9. The van der Waals surface area contributed by atoms with Gasteiger partial charge in [-0.2, -0.15) is 0 Å². The molecule has 1 heterocycles. The fourth-order valence-electron chi connectivity index (χ4n) is 3.25. The maximum Gasteiger partial charge on any atom is 0.335 e. The molecule has 10 heteroatoms. The zero-order valence-electron chi connectivity index (χ0n) is 18.7. The molecule has 1 aromatic rings. The number of carboxylic acids is 1. The minimum absolute atomic E-state index is 0.00243. The van der Waals surface area contributed by atoms with Gasteiger partial charge in [0.2, 0.25) is 12.2 Å². The van der Waals surface area contributed by atoms with E-state index in [1.165, 1.54) is 18.2 Å². The van der Waals surface area contributed by atoms with Crippen LogP contribution in [0.3, 0.4) is 0 Å². The highest BCUT2D eigenvalue weighted by molar-refractivity contribution is 5.90. The molecule has 1 saturated heterocycles. The maximum absolute atomic E-state index is 13.6. The molecule has 5 N–H and O–H groups in total. The standard InChI is InChI=1S/C23H30FNO8/c1-5-12(2)23(3,4)9-8-16(26)25-14-6-7-15(13(10-14)11-24)32-22-19(29)17(27)18(28)20(33-22)21(30)31/h1,6-7,10,12,17-20,22,27-29H,8-9,11H2,2-4H3,(H,25,26)(H,30,31). The van der Waals surface area contributed by atoms with Crippen molar-refractivity contribution >= 4 is 17.6 Å². The summed E-state index contributed by atoms with van der Waals surface area (Å²) in [6.45, 7) is 4.87. The van der Waals surface area contributed by atoms with Gasteiger partial charge in [-0.05, 0) is 30.0 Å². The lowest BCUT2D eigenvalue weighted by molar-refractivity contribution is -0.271. The van der Waals surface area contributed by atoms with Crippen molar-refractivity contribution in [1.29, 1.82) is 0 Å². The van der Waals surface area contributed by atoms with E-state index in [-0.39, 0.29) is 35.0 Å². The number of aliphatic hydroxyl groups excluding tert-OH is 3. The number of carboxylic acid groups (broad SMARTS) is 1. The Hall–Kier alpha value is -2.71. The second-order valence-corrected chi connectivity index (χ2v) is 8.73. The fourth-order valence-corrected chi connectivity index (χ4v) is 3.25. The van der Waals surface area contributed by atoms with Crippen molar-refractivity contribution < 1.29 is 43.9 Å². The Kier molecular flexibility index (Phi) is 8.80. The van der Waals surface area contributed by atoms with Crippen molar-refractivity contribution in [2.45, 2.75) is 71.0 Å². The quantitative estimate of drug-likeness (QED) is 0.343. The topological polar surface area (TPSA) is 146 Å². The third-order valence-electron chi connectivity index (χ3n) is 5.96. The van der Waals surface area contributed by atoms with Crippen molar-refractivity contribution in [2.24, 2.45) is 11.3 Å². The molecule has 0 bridgehead atoms. The molecule has 0 radical (unpaired) electrons. The number of rotatable bonds is 9. The lowest BCUT2D eigenvalue weighted by atomic mass is 9.77. The smallest absolute Gasteiger partial charge is 0.335 e. The van der Waals surface area contributed by atoms with Crippen LogP contribution < -0.4 is 10.1 Å². The monoisotopic (exact) mass is 467 g/mol. The molecule has 182 valence electrons. The zero-order valence-corrected chi connectivity index (χ0v) is 18.7. The van der Waals surface area contributed by atoms with Crippen molar-refractivity contribution in [1.82, 2.24) is 0 Å². The number of ether oxygens (including phenoxy) is 2. The number of terminal acetylenes is 1. The molecular weight excluding hydrogens is 437 g/mol. The van der Waals surface area contributed by atoms with Gasteiger partial charge >= 0.3 is 5.97 Å². The summed E-state index contributed by atoms with van der Waals surface area (Å²) in [5.41, 5.74) is 0.0740. The first kappa shape index (κ1) is 26.5. The number of anilines is 1. The van der Waals surface area contributed by atoms with Gasteiger partial charge in [-0.15, -0.1) is 12.3 Å². The highest BCUT2D eigenvalue weighted by Gasteiger charge is 2.48. The molecule has 1 aliphatic rings. The molecule has 0 spiro atoms. The largest absolute Gasteiger partial charge is 0.479 e. The van der Waals surface area contributed by atoms with Crippen LogP contribution in [0.4, 0.5) is 10.1 Å². The van der Waals surface area contributed by atoms with Gasteiger partial charge in [0.15, 0.2) is 6.10 Å². The van der Waals surface area contributed by atoms with Crippen molar-refractivity contribution in [3.63, 3.8) is 0 Å². The molecule has 33 heavy (non-hydrogen) atoms. The van der Waals surface area contributed by atoms with E-state index >= 15 is 0 Å². The summed E-state index contributed by atoms with van der Waals surface area (Å²) in [7, 11) is 0. The molecule has 0 aliphatic carbocycles. The Morgan fingerprint density at radius 1 is 1.27 bits per heavy atom. The van der Waals surface area contributed by atoms with Crippen LogP contribution in [0.5, 0.6) is 5.75 Å². The van der Waals surface area contributed by atoms with Gasteiger partial charge in [0.1, 0.15) is 30.7 Å². The van der Waals surface area contributed by atoms with Crippen LogP contribution in [0.2, 0.25) is 0 Å². The Morgan fingerprint density at radius 2 is 1.94 bits per heavy atom. The predicted octanol–water partition coefficient (Wildman–Crippen LogP) is 1.44. The van der Waals surface area contributed by atoms with E-state index in [4.69, 9.17) is 21.0 Å². The summed E-state index contributed by atoms with van der Waals surface area (Å²) in [5, 5.41) is 41.5. The molecule has 1 aliphatic heterocycles. The zero-order chi connectivity index (χ0) is 24.9. The van der Waals surface area contributed by atoms with E-state index in [1.54, 1.807) is 0 Å². The fraction of sp³-hybridized carbons (Fsp3) is 0.565. The Labute approximate surface area is 191 Å². The Balaban J connectivity index is 2.08. The SMILES string of the molecule is C#CC(C)C(C)(C)CCC(=O)Nc1ccc(OC2OC(C(=O)O)C(O)C(O)C2O)c(CF)c1. The molecule has 6 atom stereocenters. The molecule has 9 nitrogen and oxygen atoms in total. The number of carbonyl (C=O) groups excluding carboxylic acids is 1. The number of benzene rings is 1. The van der Waals surface area contributed by atoms with E-state index in [0.29, 0.717) is 12.1 Å². The van der Waals surface area contributed by atoms with E-state index in [9.17, 15) is 29.3 Å². The number of hydrogen-bond donors (Lipinski definition) is 5. The van der Waals surface area contributed by atoms with E-state index < -0.39 is 43.3 Å². The highest BCUT2D eigenvalue weighted by atomic mass is 19.1. The molecule has 6 unspecified atom stereocenters. The molecular formula is C23H30FNO8. The van der Waals surface area contributed by atoms with E-state index in [0.717, 1.165) is 0 Å². The number of hydrogen-bond acceptors (Lipinski definition) is 7. The molecule has 1 amide bonds. The van der Waals surface area contributed by atoms with Crippen molar-refractivity contribution in [3.8, 4) is 18.1 Å². The third kappa shape index (κ3) is 6.42. The average Bonchev–Trinajstić information content (AvgIpc) is 2.77. The number of halogens is 1. The highest BCUT2D eigenvalue weighted by Crippen LogP contribution is 2.32. The number of alkyl halides is 1. The first-order chi connectivity index (χ1) is 15.4. The predicted molar refractivity (Wildman–Crippen MR) is 116 cm³/mol. The summed E-state index contributed by atoms with van der Waals surface area (Å²) in [6.07, 6.45) is -2.79. The lowest BCUT2D eigenvalue weighted by Crippen LogP contribution is -2.61. The number of carbonyl (C=O) groups is 2. The van der Waals surface area contributed by atoms with Crippen molar-refractivity contribution in [3.05, 3.63) is 23.8 Å². The molecule has 0 aromatic heterocycles. The maximum atomic E-state index is 13.6. The summed E-state index contributed by atoms with van der Waals surface area (Å²) >= 11 is 0. The van der Waals surface area contributed by atoms with Gasteiger partial charge in [0.25, 0.3) is 0 Å². The number of aliphatic hydroxyl groups is 3. The van der Waals surface area contributed by atoms with Gasteiger partial charge < -0.3 is 35.2 Å². The van der Waals surface area contributed by atoms with Crippen LogP contribution in [0.15, 0.2) is 18.2 Å². The van der Waals surface area contributed by atoms with Gasteiger partial charge in [-0.25, -0.2) is 9.18 Å². The minimum atomic E-state index is -1.87. The lowest BCUT2D eigenvalue weighted by Gasteiger charge is -2.38. The molecule has 2 rings (SSSR count). The van der Waals surface area contributed by atoms with Crippen LogP contribution >= 0.6 is 0 Å². The number of amides is 1. The first-order valence-electron chi connectivity index (χ1n) is 10.4.